The molecule has 100 valence electrons. The number of hydrogen-bond donors (Lipinski definition) is 1. The Bertz CT molecular complexity index is 540. The number of benzene rings is 1. The first-order valence-corrected chi connectivity index (χ1v) is 6.19. The van der Waals surface area contributed by atoms with Gasteiger partial charge in [0.25, 0.3) is 5.88 Å². The molecule has 0 saturated heterocycles. The Morgan fingerprint density at radius 3 is 2.58 bits per heavy atom. The van der Waals surface area contributed by atoms with Crippen LogP contribution in [0.25, 0.3) is 0 Å². The summed E-state index contributed by atoms with van der Waals surface area (Å²) in [6.07, 6.45) is 1.68. The molecule has 1 aromatic carbocycles. The molecule has 0 saturated carbocycles. The van der Waals surface area contributed by atoms with Gasteiger partial charge in [0.05, 0.1) is 12.7 Å². The summed E-state index contributed by atoms with van der Waals surface area (Å²) < 4.78 is 11.4. The Balaban J connectivity index is 2.27. The van der Waals surface area contributed by atoms with E-state index in [1.54, 1.807) is 24.4 Å². The third-order valence-corrected chi connectivity index (χ3v) is 2.45. The van der Waals surface area contributed by atoms with Crippen molar-refractivity contribution in [3.63, 3.8) is 0 Å². The van der Waals surface area contributed by atoms with Gasteiger partial charge in [-0.15, -0.1) is 0 Å². The van der Waals surface area contributed by atoms with Crippen molar-refractivity contribution < 1.29 is 14.6 Å². The fourth-order valence-electron chi connectivity index (χ4n) is 1.63. The largest absolute Gasteiger partial charge is 0.485 e. The second-order valence-electron chi connectivity index (χ2n) is 4.34. The third kappa shape index (κ3) is 3.45. The topological polar surface area (TPSA) is 51.6 Å². The Hall–Kier alpha value is -2.07. The monoisotopic (exact) mass is 259 g/mol. The van der Waals surface area contributed by atoms with Gasteiger partial charge in [-0.05, 0) is 32.0 Å². The summed E-state index contributed by atoms with van der Waals surface area (Å²) in [5, 5.41) is 9.28. The zero-order chi connectivity index (χ0) is 13.7. The van der Waals surface area contributed by atoms with Gasteiger partial charge >= 0.3 is 0 Å². The Morgan fingerprint density at radius 2 is 1.84 bits per heavy atom. The number of aliphatic hydroxyl groups excluding tert-OH is 1. The second-order valence-corrected chi connectivity index (χ2v) is 4.34. The number of hydrogen-bond acceptors (Lipinski definition) is 4. The Morgan fingerprint density at radius 1 is 1.11 bits per heavy atom. The lowest BCUT2D eigenvalue weighted by atomic mass is 10.2. The average Bonchev–Trinajstić information content (AvgIpc) is 2.41. The maximum Gasteiger partial charge on any atom is 0.262 e. The van der Waals surface area contributed by atoms with Crippen LogP contribution in [-0.2, 0) is 6.61 Å². The van der Waals surface area contributed by atoms with Crippen LogP contribution in [0.15, 0.2) is 42.6 Å². The summed E-state index contributed by atoms with van der Waals surface area (Å²) in [6.45, 7) is 3.81. The van der Waals surface area contributed by atoms with Crippen molar-refractivity contribution in [2.24, 2.45) is 0 Å². The lowest BCUT2D eigenvalue weighted by molar-refractivity contribution is 0.230. The molecule has 2 aromatic rings. The molecule has 0 amide bonds. The van der Waals surface area contributed by atoms with Crippen molar-refractivity contribution >= 4 is 0 Å². The molecule has 0 atom stereocenters. The maximum atomic E-state index is 9.28. The molecule has 0 aliphatic rings. The Labute approximate surface area is 112 Å². The van der Waals surface area contributed by atoms with Gasteiger partial charge in [-0.1, -0.05) is 18.2 Å². The van der Waals surface area contributed by atoms with E-state index in [-0.39, 0.29) is 12.7 Å². The molecule has 4 nitrogen and oxygen atoms in total. The van der Waals surface area contributed by atoms with E-state index in [4.69, 9.17) is 9.47 Å². The van der Waals surface area contributed by atoms with E-state index in [0.29, 0.717) is 22.9 Å². The van der Waals surface area contributed by atoms with E-state index < -0.39 is 0 Å². The summed E-state index contributed by atoms with van der Waals surface area (Å²) >= 11 is 0. The molecule has 19 heavy (non-hydrogen) atoms. The summed E-state index contributed by atoms with van der Waals surface area (Å²) in [5.74, 6) is 1.57. The van der Waals surface area contributed by atoms with Gasteiger partial charge in [0.2, 0.25) is 0 Å². The van der Waals surface area contributed by atoms with Crippen molar-refractivity contribution in [3.05, 3.63) is 48.2 Å². The third-order valence-electron chi connectivity index (χ3n) is 2.45. The van der Waals surface area contributed by atoms with Crippen molar-refractivity contribution in [2.75, 3.05) is 0 Å². The average molecular weight is 259 g/mol. The van der Waals surface area contributed by atoms with E-state index in [2.05, 4.69) is 4.98 Å². The van der Waals surface area contributed by atoms with Gasteiger partial charge in [-0.3, -0.25) is 0 Å². The number of pyridine rings is 1. The highest BCUT2D eigenvalue weighted by molar-refractivity contribution is 5.40. The Kier molecular flexibility index (Phi) is 4.36. The fourth-order valence-corrected chi connectivity index (χ4v) is 1.63. The van der Waals surface area contributed by atoms with Crippen LogP contribution in [0, 0.1) is 0 Å². The van der Waals surface area contributed by atoms with Crippen molar-refractivity contribution in [2.45, 2.75) is 26.6 Å². The molecule has 0 aliphatic heterocycles. The van der Waals surface area contributed by atoms with E-state index >= 15 is 0 Å². The van der Waals surface area contributed by atoms with Crippen molar-refractivity contribution in [1.82, 2.24) is 4.98 Å². The normalized spacial score (nSPS) is 10.5. The smallest absolute Gasteiger partial charge is 0.262 e. The van der Waals surface area contributed by atoms with Crippen LogP contribution in [0.5, 0.6) is 17.4 Å². The minimum Gasteiger partial charge on any atom is -0.485 e. The minimum absolute atomic E-state index is 0.0413. The SMILES string of the molecule is CC(C)Oc1cccnc1Oc1ccccc1CO. The predicted octanol–water partition coefficient (Wildman–Crippen LogP) is 3.15. The number of aliphatic hydroxyl groups is 1. The second kappa shape index (κ2) is 6.20. The number of nitrogens with zero attached hydrogens (tertiary/aromatic N) is 1. The fraction of sp³-hybridized carbons (Fsp3) is 0.267. The first kappa shape index (κ1) is 13.4. The highest BCUT2D eigenvalue weighted by atomic mass is 16.5. The van der Waals surface area contributed by atoms with Gasteiger partial charge in [0.1, 0.15) is 5.75 Å². The van der Waals surface area contributed by atoms with Gasteiger partial charge in [0, 0.05) is 11.8 Å². The first-order valence-electron chi connectivity index (χ1n) is 6.19. The van der Waals surface area contributed by atoms with E-state index in [1.807, 2.05) is 32.0 Å². The summed E-state index contributed by atoms with van der Waals surface area (Å²) in [6, 6.07) is 10.9. The molecule has 0 spiro atoms. The van der Waals surface area contributed by atoms with Crippen LogP contribution < -0.4 is 9.47 Å². The molecule has 1 heterocycles. The highest BCUT2D eigenvalue weighted by Crippen LogP contribution is 2.31. The van der Waals surface area contributed by atoms with Crippen LogP contribution in [0.1, 0.15) is 19.4 Å². The van der Waals surface area contributed by atoms with Gasteiger partial charge in [-0.2, -0.15) is 0 Å². The van der Waals surface area contributed by atoms with Gasteiger partial charge in [0.15, 0.2) is 5.75 Å². The molecule has 1 N–H and O–H groups in total. The maximum absolute atomic E-state index is 9.28. The zero-order valence-corrected chi connectivity index (χ0v) is 11.0. The molecule has 0 radical (unpaired) electrons. The highest BCUT2D eigenvalue weighted by Gasteiger charge is 2.10. The van der Waals surface area contributed by atoms with Crippen LogP contribution in [-0.4, -0.2) is 16.2 Å². The molecule has 1 aromatic heterocycles. The van der Waals surface area contributed by atoms with Gasteiger partial charge in [-0.25, -0.2) is 4.98 Å². The predicted molar refractivity (Wildman–Crippen MR) is 72.4 cm³/mol. The number of aromatic nitrogens is 1. The summed E-state index contributed by atoms with van der Waals surface area (Å²) in [7, 11) is 0. The molecule has 2 rings (SSSR count). The number of para-hydroxylation sites is 1. The summed E-state index contributed by atoms with van der Waals surface area (Å²) in [5.41, 5.74) is 0.712. The molecule has 0 fully saturated rings. The molecule has 0 aliphatic carbocycles. The molecular weight excluding hydrogens is 242 g/mol. The van der Waals surface area contributed by atoms with Gasteiger partial charge < -0.3 is 14.6 Å². The van der Waals surface area contributed by atoms with Crippen molar-refractivity contribution in [3.8, 4) is 17.4 Å². The molecule has 4 heteroatoms. The van der Waals surface area contributed by atoms with Crippen LogP contribution in [0.4, 0.5) is 0 Å². The first-order chi connectivity index (χ1) is 9.20. The molecule has 0 unspecified atom stereocenters. The minimum atomic E-state index is -0.0800. The zero-order valence-electron chi connectivity index (χ0n) is 11.0. The lowest BCUT2D eigenvalue weighted by Crippen LogP contribution is -2.07. The summed E-state index contributed by atoms with van der Waals surface area (Å²) in [4.78, 5) is 4.17. The molecule has 0 bridgehead atoms. The van der Waals surface area contributed by atoms with Crippen LogP contribution in [0.3, 0.4) is 0 Å². The van der Waals surface area contributed by atoms with Crippen LogP contribution in [0.2, 0.25) is 0 Å². The lowest BCUT2D eigenvalue weighted by Gasteiger charge is -2.14. The number of ether oxygens (including phenoxy) is 2. The van der Waals surface area contributed by atoms with Crippen molar-refractivity contribution in [1.29, 1.82) is 0 Å². The van der Waals surface area contributed by atoms with E-state index in [9.17, 15) is 5.11 Å². The van der Waals surface area contributed by atoms with E-state index in [1.165, 1.54) is 0 Å². The van der Waals surface area contributed by atoms with E-state index in [0.717, 1.165) is 0 Å². The van der Waals surface area contributed by atoms with Crippen LogP contribution >= 0.6 is 0 Å². The quantitative estimate of drug-likeness (QED) is 0.896. The number of rotatable bonds is 5. The molecular formula is C15H17NO3. The standard InChI is InChI=1S/C15H17NO3/c1-11(2)18-14-8-5-9-16-15(14)19-13-7-4-3-6-12(13)10-17/h3-9,11,17H,10H2,1-2H3.